The van der Waals surface area contributed by atoms with Crippen molar-refractivity contribution in [2.75, 3.05) is 50.0 Å². The average molecular weight is 372 g/mol. The molecule has 1 aliphatic rings. The van der Waals surface area contributed by atoms with Gasteiger partial charge in [-0.25, -0.2) is 0 Å². The molecular weight excluding hydrogens is 350 g/mol. The van der Waals surface area contributed by atoms with E-state index in [9.17, 15) is 4.79 Å². The van der Waals surface area contributed by atoms with Gasteiger partial charge in [-0.2, -0.15) is 0 Å². The fourth-order valence-electron chi connectivity index (χ4n) is 2.51. The van der Waals surface area contributed by atoms with Crippen LogP contribution in [0.4, 0.5) is 11.5 Å². The molecule has 2 rings (SSSR count). The van der Waals surface area contributed by atoms with Gasteiger partial charge in [0.2, 0.25) is 0 Å². The minimum atomic E-state index is -0.110. The lowest BCUT2D eigenvalue weighted by Gasteiger charge is -2.36. The van der Waals surface area contributed by atoms with Gasteiger partial charge >= 0.3 is 5.97 Å². The molecule has 1 fully saturated rings. The van der Waals surface area contributed by atoms with E-state index in [1.54, 1.807) is 0 Å². The number of esters is 1. The summed E-state index contributed by atoms with van der Waals surface area (Å²) in [6, 6.07) is 1.90. The van der Waals surface area contributed by atoms with E-state index < -0.39 is 0 Å². The van der Waals surface area contributed by atoms with Gasteiger partial charge in [-0.05, 0) is 41.9 Å². The predicted molar refractivity (Wildman–Crippen MR) is 88.7 cm³/mol. The summed E-state index contributed by atoms with van der Waals surface area (Å²) in [5, 5.41) is 7.82. The number of hydrogen-bond donors (Lipinski definition) is 1. The van der Waals surface area contributed by atoms with Crippen molar-refractivity contribution in [3.63, 3.8) is 0 Å². The smallest absolute Gasteiger partial charge is 0.305 e. The van der Waals surface area contributed by atoms with Crippen LogP contribution >= 0.6 is 15.9 Å². The van der Waals surface area contributed by atoms with Crippen LogP contribution in [0.5, 0.6) is 0 Å². The van der Waals surface area contributed by atoms with Gasteiger partial charge in [0, 0.05) is 32.6 Å². The van der Waals surface area contributed by atoms with Crippen LogP contribution in [0.2, 0.25) is 0 Å². The summed E-state index contributed by atoms with van der Waals surface area (Å²) in [6.07, 6.45) is 1.32. The molecule has 0 radical (unpaired) electrons. The van der Waals surface area contributed by atoms with Crippen LogP contribution in [0.3, 0.4) is 0 Å². The summed E-state index contributed by atoms with van der Waals surface area (Å²) in [6.45, 7) is 6.87. The lowest BCUT2D eigenvalue weighted by molar-refractivity contribution is -0.143. The number of nitrogens with zero attached hydrogens (tertiary/aromatic N) is 4. The Labute approximate surface area is 138 Å². The first kappa shape index (κ1) is 17.0. The molecule has 8 heteroatoms. The third kappa shape index (κ3) is 4.81. The average Bonchev–Trinajstić information content (AvgIpc) is 2.51. The molecule has 1 aromatic rings. The molecule has 1 aliphatic heterocycles. The Morgan fingerprint density at radius 1 is 1.36 bits per heavy atom. The molecule has 0 atom stereocenters. The second-order valence-corrected chi connectivity index (χ2v) is 5.99. The van der Waals surface area contributed by atoms with Gasteiger partial charge in [0.15, 0.2) is 5.82 Å². The molecule has 122 valence electrons. The molecule has 0 spiro atoms. The van der Waals surface area contributed by atoms with Crippen LogP contribution in [0.1, 0.15) is 19.8 Å². The largest absolute Gasteiger partial charge is 0.466 e. The van der Waals surface area contributed by atoms with E-state index in [1.807, 2.05) is 13.0 Å². The Morgan fingerprint density at radius 2 is 2.09 bits per heavy atom. The second kappa shape index (κ2) is 8.28. The monoisotopic (exact) mass is 371 g/mol. The van der Waals surface area contributed by atoms with Crippen LogP contribution in [0, 0.1) is 0 Å². The van der Waals surface area contributed by atoms with E-state index in [1.165, 1.54) is 0 Å². The summed E-state index contributed by atoms with van der Waals surface area (Å²) in [5.74, 6) is 0.348. The molecule has 0 unspecified atom stereocenters. The number of rotatable bonds is 6. The van der Waals surface area contributed by atoms with Crippen molar-refractivity contribution >= 4 is 33.4 Å². The quantitative estimate of drug-likeness (QED) is 0.753. The highest BCUT2D eigenvalue weighted by molar-refractivity contribution is 9.10. The first-order chi connectivity index (χ1) is 10.6. The zero-order valence-electron chi connectivity index (χ0n) is 12.8. The minimum Gasteiger partial charge on any atom is -0.466 e. The summed E-state index contributed by atoms with van der Waals surface area (Å²) in [5.41, 5.74) is 6.82. The molecule has 0 aliphatic carbocycles. The molecule has 0 saturated carbocycles. The number of ether oxygens (including phenoxy) is 1. The van der Waals surface area contributed by atoms with E-state index in [4.69, 9.17) is 10.5 Å². The van der Waals surface area contributed by atoms with Crippen molar-refractivity contribution in [1.29, 1.82) is 0 Å². The lowest BCUT2D eigenvalue weighted by Crippen LogP contribution is -2.47. The first-order valence-electron chi connectivity index (χ1n) is 7.51. The maximum Gasteiger partial charge on any atom is 0.305 e. The summed E-state index contributed by atoms with van der Waals surface area (Å²) in [7, 11) is 0. The van der Waals surface area contributed by atoms with Crippen molar-refractivity contribution in [3.8, 4) is 0 Å². The molecule has 22 heavy (non-hydrogen) atoms. The van der Waals surface area contributed by atoms with E-state index in [2.05, 4.69) is 35.9 Å². The Hall–Kier alpha value is -1.41. The Balaban J connectivity index is 1.76. The zero-order valence-corrected chi connectivity index (χ0v) is 14.4. The lowest BCUT2D eigenvalue weighted by atomic mass is 10.2. The zero-order chi connectivity index (χ0) is 15.9. The Kier molecular flexibility index (Phi) is 6.38. The van der Waals surface area contributed by atoms with E-state index >= 15 is 0 Å². The maximum atomic E-state index is 11.3. The van der Waals surface area contributed by atoms with Crippen LogP contribution in [0.15, 0.2) is 10.7 Å². The highest BCUT2D eigenvalue weighted by Crippen LogP contribution is 2.24. The second-order valence-electron chi connectivity index (χ2n) is 5.17. The molecular formula is C14H22BrN5O2. The van der Waals surface area contributed by atoms with Crippen LogP contribution in [0.25, 0.3) is 0 Å². The van der Waals surface area contributed by atoms with E-state index in [-0.39, 0.29) is 5.97 Å². The van der Waals surface area contributed by atoms with Gasteiger partial charge in [-0.15, -0.1) is 10.2 Å². The summed E-state index contributed by atoms with van der Waals surface area (Å²) >= 11 is 3.33. The van der Waals surface area contributed by atoms with Gasteiger partial charge in [0.1, 0.15) is 4.60 Å². The number of anilines is 2. The number of piperazine rings is 1. The molecule has 1 aromatic heterocycles. The number of aromatic nitrogens is 2. The fraction of sp³-hybridized carbons (Fsp3) is 0.643. The standard InChI is InChI=1S/C14H22BrN5O2/c1-2-22-13(21)4-3-5-19-6-8-20(9-7-19)11-10-12(15)17-18-14(11)16/h10H,2-9H2,1H3,(H2,16,18). The van der Waals surface area contributed by atoms with Crippen molar-refractivity contribution in [3.05, 3.63) is 10.7 Å². The van der Waals surface area contributed by atoms with E-state index in [0.717, 1.165) is 44.8 Å². The van der Waals surface area contributed by atoms with Crippen LogP contribution in [-0.2, 0) is 9.53 Å². The number of carbonyl (C=O) groups is 1. The van der Waals surface area contributed by atoms with Gasteiger partial charge in [-0.1, -0.05) is 0 Å². The Morgan fingerprint density at radius 3 is 2.77 bits per heavy atom. The van der Waals surface area contributed by atoms with Crippen molar-refractivity contribution < 1.29 is 9.53 Å². The predicted octanol–water partition coefficient (Wildman–Crippen LogP) is 1.29. The summed E-state index contributed by atoms with van der Waals surface area (Å²) < 4.78 is 5.62. The molecule has 0 bridgehead atoms. The van der Waals surface area contributed by atoms with Crippen LogP contribution in [-0.4, -0.2) is 60.4 Å². The molecule has 7 nitrogen and oxygen atoms in total. The highest BCUT2D eigenvalue weighted by atomic mass is 79.9. The van der Waals surface area contributed by atoms with E-state index in [0.29, 0.717) is 23.4 Å². The third-order valence-corrected chi connectivity index (χ3v) is 4.03. The number of nitrogen functional groups attached to an aromatic ring is 1. The van der Waals surface area contributed by atoms with Gasteiger partial charge in [-0.3, -0.25) is 9.69 Å². The van der Waals surface area contributed by atoms with Crippen LogP contribution < -0.4 is 10.6 Å². The number of halogens is 1. The number of carbonyl (C=O) groups excluding carboxylic acids is 1. The molecule has 2 N–H and O–H groups in total. The molecule has 1 saturated heterocycles. The SMILES string of the molecule is CCOC(=O)CCCN1CCN(c2cc(Br)nnc2N)CC1. The highest BCUT2D eigenvalue weighted by Gasteiger charge is 2.19. The fourth-order valence-corrected chi connectivity index (χ4v) is 2.81. The normalized spacial score (nSPS) is 15.8. The Bertz CT molecular complexity index is 506. The molecule has 2 heterocycles. The number of nitrogens with two attached hydrogens (primary N) is 1. The first-order valence-corrected chi connectivity index (χ1v) is 8.31. The van der Waals surface area contributed by atoms with Crippen molar-refractivity contribution in [2.45, 2.75) is 19.8 Å². The van der Waals surface area contributed by atoms with Gasteiger partial charge < -0.3 is 15.4 Å². The number of hydrogen-bond acceptors (Lipinski definition) is 7. The van der Waals surface area contributed by atoms with Gasteiger partial charge in [0.05, 0.1) is 12.3 Å². The van der Waals surface area contributed by atoms with Gasteiger partial charge in [0.25, 0.3) is 0 Å². The summed E-state index contributed by atoms with van der Waals surface area (Å²) in [4.78, 5) is 15.9. The minimum absolute atomic E-state index is 0.110. The third-order valence-electron chi connectivity index (χ3n) is 3.65. The molecule has 0 amide bonds. The van der Waals surface area contributed by atoms with Crippen molar-refractivity contribution in [1.82, 2.24) is 15.1 Å². The topological polar surface area (TPSA) is 84.6 Å². The maximum absolute atomic E-state index is 11.3. The van der Waals surface area contributed by atoms with Crippen molar-refractivity contribution in [2.24, 2.45) is 0 Å². The molecule has 0 aromatic carbocycles.